The number of esters is 4. The predicted molar refractivity (Wildman–Crippen MR) is 131 cm³/mol. The molecule has 2 aliphatic rings. The minimum Gasteiger partial charge on any atom is -0.466 e. The summed E-state index contributed by atoms with van der Waals surface area (Å²) in [7, 11) is 0. The molecule has 12 nitrogen and oxygen atoms in total. The summed E-state index contributed by atoms with van der Waals surface area (Å²) in [4.78, 5) is 67.4. The maximum atomic E-state index is 14.4. The number of carbonyl (C=O) groups is 5. The fraction of sp³-hybridized carbons (Fsp3) is 0.423. The summed E-state index contributed by atoms with van der Waals surface area (Å²) in [5.74, 6) is -5.28. The Labute approximate surface area is 219 Å². The van der Waals surface area contributed by atoms with Crippen molar-refractivity contribution in [2.45, 2.75) is 39.5 Å². The molecule has 0 radical (unpaired) electrons. The van der Waals surface area contributed by atoms with Gasteiger partial charge in [0.25, 0.3) is 0 Å². The van der Waals surface area contributed by atoms with Crippen molar-refractivity contribution >= 4 is 35.5 Å². The van der Waals surface area contributed by atoms with Gasteiger partial charge in [-0.05, 0) is 33.8 Å². The van der Waals surface area contributed by atoms with E-state index in [-0.39, 0.29) is 43.4 Å². The summed E-state index contributed by atoms with van der Waals surface area (Å²) in [6, 6.07) is 6.26. The first-order chi connectivity index (χ1) is 18.2. The van der Waals surface area contributed by atoms with Crippen molar-refractivity contribution in [3.8, 4) is 0 Å². The van der Waals surface area contributed by atoms with Crippen molar-refractivity contribution in [3.05, 3.63) is 52.6 Å². The maximum Gasteiger partial charge on any atom is 0.341 e. The average Bonchev–Trinajstić information content (AvgIpc) is 3.08. The molecule has 38 heavy (non-hydrogen) atoms. The van der Waals surface area contributed by atoms with Gasteiger partial charge < -0.3 is 29.4 Å². The Hall–Kier alpha value is -4.35. The number of para-hydroxylation sites is 1. The molecule has 0 saturated heterocycles. The van der Waals surface area contributed by atoms with Crippen LogP contribution in [0.4, 0.5) is 5.69 Å². The summed E-state index contributed by atoms with van der Waals surface area (Å²) in [6.45, 7) is 5.72. The van der Waals surface area contributed by atoms with Gasteiger partial charge in [0.05, 0.1) is 26.4 Å². The lowest BCUT2D eigenvalue weighted by atomic mass is 9.67. The van der Waals surface area contributed by atoms with E-state index in [2.05, 4.69) is 0 Å². The Bertz CT molecular complexity index is 1220. The van der Waals surface area contributed by atoms with Crippen molar-refractivity contribution in [1.29, 1.82) is 0 Å². The van der Waals surface area contributed by atoms with Crippen LogP contribution in [-0.4, -0.2) is 62.8 Å². The molecule has 0 aromatic heterocycles. The number of rotatable bonds is 10. The largest absolute Gasteiger partial charge is 0.466 e. The van der Waals surface area contributed by atoms with Gasteiger partial charge in [-0.1, -0.05) is 18.2 Å². The second kappa shape index (κ2) is 11.8. The maximum absolute atomic E-state index is 14.4. The molecule has 0 bridgehead atoms. The van der Waals surface area contributed by atoms with Gasteiger partial charge in [-0.25, -0.2) is 9.59 Å². The third-order valence-electron chi connectivity index (χ3n) is 5.84. The van der Waals surface area contributed by atoms with Gasteiger partial charge in [0.1, 0.15) is 35.3 Å². The van der Waals surface area contributed by atoms with Crippen LogP contribution in [0.3, 0.4) is 0 Å². The summed E-state index contributed by atoms with van der Waals surface area (Å²) in [5.41, 5.74) is 3.42. The van der Waals surface area contributed by atoms with Crippen molar-refractivity contribution in [1.82, 2.24) is 0 Å². The number of nitrogens with two attached hydrogens (primary N) is 1. The number of benzene rings is 1. The molecule has 0 aliphatic carbocycles. The van der Waals surface area contributed by atoms with Crippen LogP contribution in [0, 0.1) is 0 Å². The van der Waals surface area contributed by atoms with E-state index in [1.807, 2.05) is 0 Å². The highest BCUT2D eigenvalue weighted by atomic mass is 16.6. The Balaban J connectivity index is 2.41. The summed E-state index contributed by atoms with van der Waals surface area (Å²) in [5, 5.41) is 0. The lowest BCUT2D eigenvalue weighted by Crippen LogP contribution is -2.52. The third kappa shape index (κ3) is 4.81. The molecule has 2 aliphatic heterocycles. The molecule has 0 saturated carbocycles. The summed E-state index contributed by atoms with van der Waals surface area (Å²) in [6.07, 6.45) is -0.589. The lowest BCUT2D eigenvalue weighted by molar-refractivity contribution is -0.144. The van der Waals surface area contributed by atoms with Gasteiger partial charge >= 0.3 is 23.9 Å². The van der Waals surface area contributed by atoms with Gasteiger partial charge in [-0.2, -0.15) is 0 Å². The van der Waals surface area contributed by atoms with Crippen LogP contribution < -0.4 is 10.6 Å². The minimum absolute atomic E-state index is 0.0421. The van der Waals surface area contributed by atoms with E-state index < -0.39 is 65.2 Å². The quantitative estimate of drug-likeness (QED) is 0.344. The molecule has 2 heterocycles. The fourth-order valence-electron chi connectivity index (χ4n) is 4.58. The zero-order chi connectivity index (χ0) is 28.0. The average molecular weight is 531 g/mol. The topological polar surface area (TPSA) is 161 Å². The number of nitrogens with zero attached hydrogens (tertiary/aromatic N) is 1. The Morgan fingerprint density at radius 1 is 0.842 bits per heavy atom. The number of carbonyl (C=O) groups excluding carboxylic acids is 5. The molecule has 0 fully saturated rings. The smallest absolute Gasteiger partial charge is 0.341 e. The molecule has 1 spiro atoms. The number of anilines is 1. The van der Waals surface area contributed by atoms with Crippen LogP contribution in [0.15, 0.2) is 47.1 Å². The van der Waals surface area contributed by atoms with Crippen molar-refractivity contribution < 1.29 is 47.7 Å². The van der Waals surface area contributed by atoms with Gasteiger partial charge in [0.15, 0.2) is 0 Å². The number of fused-ring (bicyclic) bond motifs is 2. The molecule has 3 rings (SSSR count). The predicted octanol–water partition coefficient (Wildman–Crippen LogP) is 1.37. The highest BCUT2D eigenvalue weighted by Crippen LogP contribution is 2.55. The van der Waals surface area contributed by atoms with Crippen LogP contribution in [0.25, 0.3) is 0 Å². The molecular weight excluding hydrogens is 500 g/mol. The van der Waals surface area contributed by atoms with Crippen molar-refractivity contribution in [2.75, 3.05) is 37.9 Å². The van der Waals surface area contributed by atoms with Crippen molar-refractivity contribution in [2.24, 2.45) is 5.73 Å². The monoisotopic (exact) mass is 530 g/mol. The van der Waals surface area contributed by atoms with Crippen LogP contribution in [0.5, 0.6) is 0 Å². The van der Waals surface area contributed by atoms with E-state index in [0.29, 0.717) is 0 Å². The Morgan fingerprint density at radius 3 is 2.00 bits per heavy atom. The minimum atomic E-state index is -2.24. The molecular formula is C26H30N2O10. The van der Waals surface area contributed by atoms with E-state index in [4.69, 9.17) is 29.4 Å². The third-order valence-corrected chi connectivity index (χ3v) is 5.84. The van der Waals surface area contributed by atoms with E-state index in [9.17, 15) is 24.0 Å². The summed E-state index contributed by atoms with van der Waals surface area (Å²) < 4.78 is 26.2. The van der Waals surface area contributed by atoms with Gasteiger partial charge in [-0.15, -0.1) is 0 Å². The highest BCUT2D eigenvalue weighted by Gasteiger charge is 2.64. The normalized spacial score (nSPS) is 18.2. The SMILES string of the molecule is CCOC(=O)CC1=C(C(=O)OCC)[C@@]2(C(=O)N(CC(=O)OCC)c3ccccc32)C(C(=O)OCC)=C(N)O1. The van der Waals surface area contributed by atoms with Crippen LogP contribution >= 0.6 is 0 Å². The summed E-state index contributed by atoms with van der Waals surface area (Å²) >= 11 is 0. The number of amides is 1. The number of hydrogen-bond acceptors (Lipinski definition) is 11. The Morgan fingerprint density at radius 2 is 1.39 bits per heavy atom. The zero-order valence-corrected chi connectivity index (χ0v) is 21.7. The second-order valence-corrected chi connectivity index (χ2v) is 8.03. The number of ether oxygens (including phenoxy) is 5. The highest BCUT2D eigenvalue weighted by molar-refractivity contribution is 6.23. The van der Waals surface area contributed by atoms with Crippen LogP contribution in [0.2, 0.25) is 0 Å². The van der Waals surface area contributed by atoms with E-state index in [0.717, 1.165) is 4.90 Å². The number of hydrogen-bond donors (Lipinski definition) is 1. The van der Waals surface area contributed by atoms with Gasteiger partial charge in [0, 0.05) is 11.3 Å². The van der Waals surface area contributed by atoms with Gasteiger partial charge in [0.2, 0.25) is 11.8 Å². The lowest BCUT2D eigenvalue weighted by Gasteiger charge is -2.36. The first-order valence-corrected chi connectivity index (χ1v) is 12.2. The molecule has 204 valence electrons. The van der Waals surface area contributed by atoms with Crippen LogP contribution in [0.1, 0.15) is 39.7 Å². The molecule has 12 heteroatoms. The fourth-order valence-corrected chi connectivity index (χ4v) is 4.58. The first kappa shape index (κ1) is 28.2. The standard InChI is InChI=1S/C26H30N2O10/c1-5-34-18(29)13-17-20(23(31)36-7-3)26(21(22(27)38-17)24(32)37-8-4)15-11-9-10-12-16(15)28(25(26)33)14-19(30)35-6-2/h9-12H,5-8,13-14,27H2,1-4H3/t26-/m1/s1. The molecule has 2 N–H and O–H groups in total. The van der Waals surface area contributed by atoms with Gasteiger partial charge in [-0.3, -0.25) is 19.3 Å². The van der Waals surface area contributed by atoms with E-state index in [1.54, 1.807) is 45.9 Å². The molecule has 1 aromatic rings. The molecule has 1 aromatic carbocycles. The first-order valence-electron chi connectivity index (χ1n) is 12.2. The van der Waals surface area contributed by atoms with E-state index >= 15 is 0 Å². The van der Waals surface area contributed by atoms with Crippen LogP contribution in [-0.2, 0) is 53.1 Å². The second-order valence-electron chi connectivity index (χ2n) is 8.03. The molecule has 1 amide bonds. The molecule has 0 unspecified atom stereocenters. The zero-order valence-electron chi connectivity index (χ0n) is 21.7. The van der Waals surface area contributed by atoms with Crippen molar-refractivity contribution in [3.63, 3.8) is 0 Å². The van der Waals surface area contributed by atoms with E-state index in [1.165, 1.54) is 6.07 Å². The molecule has 1 atom stereocenters. The Kier molecular flexibility index (Phi) is 8.76.